The highest BCUT2D eigenvalue weighted by Crippen LogP contribution is 2.29. The number of rotatable bonds is 5. The van der Waals surface area contributed by atoms with Gasteiger partial charge in [0, 0.05) is 11.4 Å². The van der Waals surface area contributed by atoms with Crippen molar-refractivity contribution < 1.29 is 4.79 Å². The Labute approximate surface area is 107 Å². The van der Waals surface area contributed by atoms with Crippen LogP contribution in [-0.2, 0) is 12.8 Å². The second kappa shape index (κ2) is 6.17. The minimum absolute atomic E-state index is 0.0977. The number of thiophene rings is 1. The Bertz CT molecular complexity index is 363. The zero-order valence-corrected chi connectivity index (χ0v) is 11.2. The van der Waals surface area contributed by atoms with E-state index in [0.717, 1.165) is 37.2 Å². The third kappa shape index (κ3) is 3.30. The molecule has 0 fully saturated rings. The van der Waals surface area contributed by atoms with Crippen LogP contribution < -0.4 is 10.6 Å². The molecule has 0 atom stereocenters. The van der Waals surface area contributed by atoms with E-state index in [-0.39, 0.29) is 5.91 Å². The van der Waals surface area contributed by atoms with Crippen molar-refractivity contribution in [2.45, 2.75) is 32.1 Å². The molecule has 0 bridgehead atoms. The lowest BCUT2D eigenvalue weighted by atomic mass is 9.99. The number of fused-ring (bicyclic) bond motifs is 1. The van der Waals surface area contributed by atoms with E-state index < -0.39 is 0 Å². The summed E-state index contributed by atoms with van der Waals surface area (Å²) < 4.78 is 0. The van der Waals surface area contributed by atoms with Crippen molar-refractivity contribution in [3.8, 4) is 0 Å². The normalized spacial score (nSPS) is 14.4. The van der Waals surface area contributed by atoms with Crippen LogP contribution in [0, 0.1) is 0 Å². The summed E-state index contributed by atoms with van der Waals surface area (Å²) in [5, 5.41) is 6.05. The average molecular weight is 252 g/mol. The van der Waals surface area contributed by atoms with Gasteiger partial charge in [0.05, 0.1) is 4.88 Å². The minimum atomic E-state index is 0.0977. The van der Waals surface area contributed by atoms with Gasteiger partial charge in [-0.1, -0.05) is 0 Å². The number of carbonyl (C=O) groups excluding carboxylic acids is 1. The van der Waals surface area contributed by atoms with Crippen LogP contribution in [0.25, 0.3) is 0 Å². The van der Waals surface area contributed by atoms with Crippen LogP contribution in [0.4, 0.5) is 0 Å². The number of carbonyl (C=O) groups is 1. The third-order valence-electron chi connectivity index (χ3n) is 3.11. The average Bonchev–Trinajstić information content (AvgIpc) is 2.78. The van der Waals surface area contributed by atoms with Crippen LogP contribution in [0.3, 0.4) is 0 Å². The van der Waals surface area contributed by atoms with Crippen molar-refractivity contribution in [2.24, 2.45) is 0 Å². The molecule has 0 aromatic carbocycles. The second-order valence-electron chi connectivity index (χ2n) is 4.48. The number of nitrogens with one attached hydrogen (secondary N) is 2. The van der Waals surface area contributed by atoms with E-state index in [4.69, 9.17) is 0 Å². The Kier molecular flexibility index (Phi) is 4.57. The zero-order valence-electron chi connectivity index (χ0n) is 10.3. The van der Waals surface area contributed by atoms with Crippen LogP contribution in [0.1, 0.15) is 39.4 Å². The summed E-state index contributed by atoms with van der Waals surface area (Å²) in [7, 11) is 1.93. The first kappa shape index (κ1) is 12.6. The smallest absolute Gasteiger partial charge is 0.261 e. The van der Waals surface area contributed by atoms with Crippen molar-refractivity contribution in [3.05, 3.63) is 21.4 Å². The largest absolute Gasteiger partial charge is 0.351 e. The molecular formula is C13H20N2OS. The molecule has 2 N–H and O–H groups in total. The van der Waals surface area contributed by atoms with Gasteiger partial charge in [-0.05, 0) is 57.3 Å². The molecule has 94 valence electrons. The Hall–Kier alpha value is -0.870. The predicted octanol–water partition coefficient (Wildman–Crippen LogP) is 1.97. The van der Waals surface area contributed by atoms with Gasteiger partial charge in [0.15, 0.2) is 0 Å². The highest BCUT2D eigenvalue weighted by atomic mass is 32.1. The molecule has 0 saturated heterocycles. The fourth-order valence-electron chi connectivity index (χ4n) is 2.16. The van der Waals surface area contributed by atoms with E-state index in [9.17, 15) is 4.79 Å². The van der Waals surface area contributed by atoms with E-state index in [2.05, 4.69) is 16.7 Å². The summed E-state index contributed by atoms with van der Waals surface area (Å²) >= 11 is 1.68. The number of hydrogen-bond donors (Lipinski definition) is 2. The first-order valence-electron chi connectivity index (χ1n) is 6.35. The highest BCUT2D eigenvalue weighted by Gasteiger charge is 2.16. The lowest BCUT2D eigenvalue weighted by Gasteiger charge is -2.08. The topological polar surface area (TPSA) is 41.1 Å². The van der Waals surface area contributed by atoms with E-state index in [1.807, 2.05) is 7.05 Å². The number of aryl methyl sites for hydroxylation is 2. The fourth-order valence-corrected chi connectivity index (χ4v) is 3.33. The molecule has 1 heterocycles. The van der Waals surface area contributed by atoms with Crippen molar-refractivity contribution >= 4 is 17.2 Å². The Morgan fingerprint density at radius 2 is 2.18 bits per heavy atom. The summed E-state index contributed by atoms with van der Waals surface area (Å²) in [5.74, 6) is 0.0977. The first-order chi connectivity index (χ1) is 8.31. The third-order valence-corrected chi connectivity index (χ3v) is 4.35. The molecule has 0 aliphatic heterocycles. The molecule has 17 heavy (non-hydrogen) atoms. The Morgan fingerprint density at radius 3 is 2.94 bits per heavy atom. The lowest BCUT2D eigenvalue weighted by molar-refractivity contribution is 0.0957. The molecule has 1 aromatic rings. The summed E-state index contributed by atoms with van der Waals surface area (Å²) in [6.07, 6.45) is 5.84. The van der Waals surface area contributed by atoms with Crippen molar-refractivity contribution in [1.82, 2.24) is 10.6 Å². The predicted molar refractivity (Wildman–Crippen MR) is 71.8 cm³/mol. The quantitative estimate of drug-likeness (QED) is 0.787. The maximum Gasteiger partial charge on any atom is 0.261 e. The standard InChI is InChI=1S/C13H20N2OS/c1-14-7-4-8-15-13(16)12-9-10-5-2-3-6-11(10)17-12/h9,14H,2-8H2,1H3,(H,15,16). The molecule has 3 nitrogen and oxygen atoms in total. The SMILES string of the molecule is CNCCCNC(=O)c1cc2c(s1)CCCC2. The summed E-state index contributed by atoms with van der Waals surface area (Å²) in [6.45, 7) is 1.70. The number of hydrogen-bond acceptors (Lipinski definition) is 3. The van der Waals surface area contributed by atoms with Gasteiger partial charge < -0.3 is 10.6 Å². The maximum atomic E-state index is 11.9. The van der Waals surface area contributed by atoms with Crippen LogP contribution in [-0.4, -0.2) is 26.0 Å². The van der Waals surface area contributed by atoms with E-state index in [1.165, 1.54) is 23.3 Å². The van der Waals surface area contributed by atoms with Gasteiger partial charge in [-0.2, -0.15) is 0 Å². The lowest BCUT2D eigenvalue weighted by Crippen LogP contribution is -2.25. The van der Waals surface area contributed by atoms with Gasteiger partial charge in [0.2, 0.25) is 0 Å². The van der Waals surface area contributed by atoms with Gasteiger partial charge >= 0.3 is 0 Å². The van der Waals surface area contributed by atoms with Crippen LogP contribution in [0.5, 0.6) is 0 Å². The first-order valence-corrected chi connectivity index (χ1v) is 7.17. The molecule has 0 unspecified atom stereocenters. The Morgan fingerprint density at radius 1 is 1.35 bits per heavy atom. The molecule has 2 rings (SSSR count). The molecule has 1 amide bonds. The maximum absolute atomic E-state index is 11.9. The molecule has 0 saturated carbocycles. The van der Waals surface area contributed by atoms with Crippen molar-refractivity contribution in [2.75, 3.05) is 20.1 Å². The highest BCUT2D eigenvalue weighted by molar-refractivity contribution is 7.14. The molecular weight excluding hydrogens is 232 g/mol. The molecule has 1 aromatic heterocycles. The van der Waals surface area contributed by atoms with Gasteiger partial charge in [0.25, 0.3) is 5.91 Å². The number of amides is 1. The zero-order chi connectivity index (χ0) is 12.1. The summed E-state index contributed by atoms with van der Waals surface area (Å²) in [6, 6.07) is 2.09. The van der Waals surface area contributed by atoms with Crippen molar-refractivity contribution in [3.63, 3.8) is 0 Å². The molecule has 0 spiro atoms. The van der Waals surface area contributed by atoms with Gasteiger partial charge in [-0.3, -0.25) is 4.79 Å². The second-order valence-corrected chi connectivity index (χ2v) is 5.62. The van der Waals surface area contributed by atoms with Gasteiger partial charge in [-0.25, -0.2) is 0 Å². The van der Waals surface area contributed by atoms with E-state index in [0.29, 0.717) is 0 Å². The fraction of sp³-hybridized carbons (Fsp3) is 0.615. The van der Waals surface area contributed by atoms with E-state index >= 15 is 0 Å². The summed E-state index contributed by atoms with van der Waals surface area (Å²) in [5.41, 5.74) is 1.40. The van der Waals surface area contributed by atoms with Crippen LogP contribution in [0.15, 0.2) is 6.07 Å². The Balaban J connectivity index is 1.88. The van der Waals surface area contributed by atoms with Gasteiger partial charge in [0.1, 0.15) is 0 Å². The van der Waals surface area contributed by atoms with Crippen LogP contribution in [0.2, 0.25) is 0 Å². The molecule has 1 aliphatic carbocycles. The molecule has 1 aliphatic rings. The van der Waals surface area contributed by atoms with E-state index in [1.54, 1.807) is 11.3 Å². The molecule has 4 heteroatoms. The van der Waals surface area contributed by atoms with Crippen LogP contribution >= 0.6 is 11.3 Å². The minimum Gasteiger partial charge on any atom is -0.351 e. The molecule has 0 radical (unpaired) electrons. The summed E-state index contributed by atoms with van der Waals surface area (Å²) in [4.78, 5) is 14.2. The van der Waals surface area contributed by atoms with Crippen molar-refractivity contribution in [1.29, 1.82) is 0 Å². The monoisotopic (exact) mass is 252 g/mol. The van der Waals surface area contributed by atoms with Gasteiger partial charge in [-0.15, -0.1) is 11.3 Å².